The molecule has 0 radical (unpaired) electrons. The molecule has 6 heteroatoms. The number of carbonyl (C=O) groups excluding carboxylic acids is 1. The van der Waals surface area contributed by atoms with Gasteiger partial charge in [-0.1, -0.05) is 0 Å². The fourth-order valence-corrected chi connectivity index (χ4v) is 2.83. The van der Waals surface area contributed by atoms with Gasteiger partial charge in [-0.25, -0.2) is 0 Å². The number of hydrogen-bond donors (Lipinski definition) is 3. The van der Waals surface area contributed by atoms with Crippen molar-refractivity contribution in [2.75, 3.05) is 13.3 Å². The number of benzene rings is 2. The molecule has 2 aromatic carbocycles. The summed E-state index contributed by atoms with van der Waals surface area (Å²) in [5.41, 5.74) is 2.52. The summed E-state index contributed by atoms with van der Waals surface area (Å²) in [6.45, 7) is 0.706. The second-order valence-electron chi connectivity index (χ2n) is 5.62. The first kappa shape index (κ1) is 14.4. The van der Waals surface area contributed by atoms with Crippen LogP contribution < -0.4 is 14.8 Å². The number of ether oxygens (including phenoxy) is 2. The molecule has 24 heavy (non-hydrogen) atoms. The van der Waals surface area contributed by atoms with Gasteiger partial charge in [-0.15, -0.1) is 0 Å². The SMILES string of the molecule is O=C(NCCc1c[nH]c2cc(O)ccc12)c1ccc2c(c1)OCO2. The molecule has 0 spiro atoms. The average Bonchev–Trinajstić information content (AvgIpc) is 3.20. The van der Waals surface area contributed by atoms with Crippen molar-refractivity contribution in [1.82, 2.24) is 10.3 Å². The predicted octanol–water partition coefficient (Wildman–Crippen LogP) is 2.57. The van der Waals surface area contributed by atoms with Gasteiger partial charge in [-0.2, -0.15) is 0 Å². The molecule has 1 amide bonds. The molecule has 0 bridgehead atoms. The van der Waals surface area contributed by atoms with Crippen LogP contribution in [0.4, 0.5) is 0 Å². The van der Waals surface area contributed by atoms with Crippen LogP contribution in [-0.4, -0.2) is 29.3 Å². The quantitative estimate of drug-likeness (QED) is 0.689. The Hall–Kier alpha value is -3.15. The number of H-pyrrole nitrogens is 1. The molecule has 6 nitrogen and oxygen atoms in total. The number of carbonyl (C=O) groups is 1. The first-order chi connectivity index (χ1) is 11.7. The van der Waals surface area contributed by atoms with Crippen LogP contribution in [0.1, 0.15) is 15.9 Å². The highest BCUT2D eigenvalue weighted by Gasteiger charge is 2.16. The molecule has 2 heterocycles. The Bertz CT molecular complexity index is 917. The van der Waals surface area contributed by atoms with E-state index in [1.807, 2.05) is 12.3 Å². The Morgan fingerprint density at radius 3 is 2.96 bits per heavy atom. The van der Waals surface area contributed by atoms with Crippen LogP contribution in [0.15, 0.2) is 42.6 Å². The average molecular weight is 324 g/mol. The normalized spacial score (nSPS) is 12.5. The van der Waals surface area contributed by atoms with E-state index < -0.39 is 0 Å². The third kappa shape index (κ3) is 2.62. The lowest BCUT2D eigenvalue weighted by molar-refractivity contribution is 0.0953. The molecule has 0 saturated carbocycles. The third-order valence-electron chi connectivity index (χ3n) is 4.07. The molecule has 0 unspecified atom stereocenters. The largest absolute Gasteiger partial charge is 0.508 e. The minimum Gasteiger partial charge on any atom is -0.508 e. The number of amides is 1. The number of aromatic nitrogens is 1. The molecular weight excluding hydrogens is 308 g/mol. The van der Waals surface area contributed by atoms with E-state index in [0.717, 1.165) is 16.5 Å². The molecule has 3 aromatic rings. The molecule has 1 aromatic heterocycles. The molecule has 122 valence electrons. The monoisotopic (exact) mass is 324 g/mol. The maximum absolute atomic E-state index is 12.2. The van der Waals surface area contributed by atoms with Crippen LogP contribution in [0, 0.1) is 0 Å². The molecule has 0 fully saturated rings. The minimum atomic E-state index is -0.147. The zero-order valence-electron chi connectivity index (χ0n) is 12.8. The lowest BCUT2D eigenvalue weighted by Gasteiger charge is -2.06. The van der Waals surface area contributed by atoms with Gasteiger partial charge in [0, 0.05) is 35.3 Å². The van der Waals surface area contributed by atoms with Crippen molar-refractivity contribution in [3.63, 3.8) is 0 Å². The first-order valence-corrected chi connectivity index (χ1v) is 7.67. The highest BCUT2D eigenvalue weighted by Crippen LogP contribution is 2.32. The fraction of sp³-hybridized carbons (Fsp3) is 0.167. The Morgan fingerprint density at radius 2 is 2.04 bits per heavy atom. The van der Waals surface area contributed by atoms with E-state index in [2.05, 4.69) is 10.3 Å². The van der Waals surface area contributed by atoms with Crippen molar-refractivity contribution in [3.8, 4) is 17.2 Å². The van der Waals surface area contributed by atoms with E-state index in [4.69, 9.17) is 9.47 Å². The maximum atomic E-state index is 12.2. The number of phenolic OH excluding ortho intramolecular Hbond substituents is 1. The zero-order chi connectivity index (χ0) is 16.5. The van der Waals surface area contributed by atoms with E-state index in [1.54, 1.807) is 30.3 Å². The van der Waals surface area contributed by atoms with Gasteiger partial charge in [0.25, 0.3) is 5.91 Å². The number of nitrogens with one attached hydrogen (secondary N) is 2. The summed E-state index contributed by atoms with van der Waals surface area (Å²) in [7, 11) is 0. The predicted molar refractivity (Wildman–Crippen MR) is 88.6 cm³/mol. The zero-order valence-corrected chi connectivity index (χ0v) is 12.8. The second-order valence-corrected chi connectivity index (χ2v) is 5.62. The second kappa shape index (κ2) is 5.81. The smallest absolute Gasteiger partial charge is 0.251 e. The molecule has 0 atom stereocenters. The minimum absolute atomic E-state index is 0.147. The van der Waals surface area contributed by atoms with E-state index in [-0.39, 0.29) is 18.4 Å². The van der Waals surface area contributed by atoms with Crippen LogP contribution in [0.25, 0.3) is 10.9 Å². The summed E-state index contributed by atoms with van der Waals surface area (Å²) in [5.74, 6) is 1.34. The lowest BCUT2D eigenvalue weighted by atomic mass is 10.1. The molecular formula is C18H16N2O4. The van der Waals surface area contributed by atoms with Gasteiger partial charge in [0.1, 0.15) is 5.75 Å². The Morgan fingerprint density at radius 1 is 1.17 bits per heavy atom. The molecule has 4 rings (SSSR count). The molecule has 1 aliphatic heterocycles. The topological polar surface area (TPSA) is 83.6 Å². The Balaban J connectivity index is 1.40. The van der Waals surface area contributed by atoms with E-state index in [1.165, 1.54) is 0 Å². The summed E-state index contributed by atoms with van der Waals surface area (Å²) < 4.78 is 10.5. The molecule has 1 aliphatic rings. The van der Waals surface area contributed by atoms with E-state index in [0.29, 0.717) is 30.0 Å². The Labute approximate surface area is 138 Å². The van der Waals surface area contributed by atoms with Crippen LogP contribution in [-0.2, 0) is 6.42 Å². The number of hydrogen-bond acceptors (Lipinski definition) is 4. The van der Waals surface area contributed by atoms with Gasteiger partial charge in [0.2, 0.25) is 6.79 Å². The summed E-state index contributed by atoms with van der Waals surface area (Å²) >= 11 is 0. The van der Waals surface area contributed by atoms with Crippen LogP contribution in [0.3, 0.4) is 0 Å². The van der Waals surface area contributed by atoms with Gasteiger partial charge >= 0.3 is 0 Å². The molecule has 0 saturated heterocycles. The number of phenols is 1. The van der Waals surface area contributed by atoms with Crippen molar-refractivity contribution in [2.24, 2.45) is 0 Å². The fourth-order valence-electron chi connectivity index (χ4n) is 2.83. The first-order valence-electron chi connectivity index (χ1n) is 7.67. The van der Waals surface area contributed by atoms with E-state index in [9.17, 15) is 9.90 Å². The van der Waals surface area contributed by atoms with Gasteiger partial charge in [0.05, 0.1) is 0 Å². The van der Waals surface area contributed by atoms with Crippen LogP contribution >= 0.6 is 0 Å². The lowest BCUT2D eigenvalue weighted by Crippen LogP contribution is -2.25. The summed E-state index contributed by atoms with van der Waals surface area (Å²) in [6.07, 6.45) is 2.60. The van der Waals surface area contributed by atoms with Gasteiger partial charge in [0.15, 0.2) is 11.5 Å². The van der Waals surface area contributed by atoms with Gasteiger partial charge in [-0.3, -0.25) is 4.79 Å². The summed E-state index contributed by atoms with van der Waals surface area (Å²) in [6, 6.07) is 10.4. The van der Waals surface area contributed by atoms with E-state index >= 15 is 0 Å². The number of fused-ring (bicyclic) bond motifs is 2. The number of aromatic hydroxyl groups is 1. The van der Waals surface area contributed by atoms with Crippen molar-refractivity contribution >= 4 is 16.8 Å². The van der Waals surface area contributed by atoms with Crippen LogP contribution in [0.2, 0.25) is 0 Å². The van der Waals surface area contributed by atoms with Gasteiger partial charge < -0.3 is 24.9 Å². The molecule has 3 N–H and O–H groups in total. The summed E-state index contributed by atoms with van der Waals surface area (Å²) in [5, 5.41) is 13.4. The standard InChI is InChI=1S/C18H16N2O4/c21-13-2-3-14-12(9-20-15(14)8-13)5-6-19-18(22)11-1-4-16-17(7-11)24-10-23-16/h1-4,7-9,20-21H,5-6,10H2,(H,19,22). The summed E-state index contributed by atoms with van der Waals surface area (Å²) in [4.78, 5) is 15.4. The van der Waals surface area contributed by atoms with Crippen molar-refractivity contribution in [1.29, 1.82) is 0 Å². The third-order valence-corrected chi connectivity index (χ3v) is 4.07. The van der Waals surface area contributed by atoms with Gasteiger partial charge in [-0.05, 0) is 42.3 Å². The highest BCUT2D eigenvalue weighted by atomic mass is 16.7. The highest BCUT2D eigenvalue weighted by molar-refractivity contribution is 5.95. The van der Waals surface area contributed by atoms with Crippen molar-refractivity contribution < 1.29 is 19.4 Å². The number of rotatable bonds is 4. The maximum Gasteiger partial charge on any atom is 0.251 e. The van der Waals surface area contributed by atoms with Crippen molar-refractivity contribution in [2.45, 2.75) is 6.42 Å². The van der Waals surface area contributed by atoms with Crippen LogP contribution in [0.5, 0.6) is 17.2 Å². The molecule has 0 aliphatic carbocycles. The number of aromatic amines is 1. The Kier molecular flexibility index (Phi) is 3.49. The van der Waals surface area contributed by atoms with Crippen molar-refractivity contribution in [3.05, 3.63) is 53.7 Å².